The molecule has 7 heteroatoms. The quantitative estimate of drug-likeness (QED) is 0.588. The molecule has 0 saturated heterocycles. The topological polar surface area (TPSA) is 61.2 Å². The SMILES string of the molecule is N#Cc1c(F)c(Cl)cc(Cl)c1N1C(=O)c2ccccc2C1=O. The van der Waals surface area contributed by atoms with Crippen molar-refractivity contribution < 1.29 is 14.0 Å². The van der Waals surface area contributed by atoms with Gasteiger partial charge in [0, 0.05) is 0 Å². The first kappa shape index (κ1) is 14.5. The van der Waals surface area contributed by atoms with Gasteiger partial charge in [0.05, 0.1) is 26.9 Å². The molecular formula is C15H5Cl2FN2O2. The molecule has 1 heterocycles. The number of fused-ring (bicyclic) bond motifs is 1. The number of benzene rings is 2. The molecule has 1 aliphatic heterocycles. The molecule has 2 aromatic carbocycles. The minimum absolute atomic E-state index is 0.155. The molecule has 1 aliphatic rings. The third-order valence-electron chi connectivity index (χ3n) is 3.28. The second-order valence-corrected chi connectivity index (χ2v) is 5.30. The zero-order valence-electron chi connectivity index (χ0n) is 10.7. The Labute approximate surface area is 134 Å². The first-order valence-corrected chi connectivity index (χ1v) is 6.78. The van der Waals surface area contributed by atoms with Crippen LogP contribution >= 0.6 is 23.2 Å². The molecule has 0 atom stereocenters. The highest BCUT2D eigenvalue weighted by Gasteiger charge is 2.39. The van der Waals surface area contributed by atoms with Crippen LogP contribution in [0.2, 0.25) is 10.0 Å². The van der Waals surface area contributed by atoms with Gasteiger partial charge in [0.1, 0.15) is 11.6 Å². The lowest BCUT2D eigenvalue weighted by molar-refractivity contribution is 0.0926. The molecule has 2 aromatic rings. The molecule has 3 rings (SSSR count). The largest absolute Gasteiger partial charge is 0.268 e. The standard InChI is InChI=1S/C15H5Cl2FN2O2/c16-10-5-11(17)13(9(6-19)12(10)18)20-14(21)7-3-1-2-4-8(7)15(20)22/h1-5H. The second-order valence-electron chi connectivity index (χ2n) is 4.48. The summed E-state index contributed by atoms with van der Waals surface area (Å²) in [5.41, 5.74) is -0.505. The van der Waals surface area contributed by atoms with Crippen LogP contribution in [-0.2, 0) is 0 Å². The maximum atomic E-state index is 14.0. The van der Waals surface area contributed by atoms with E-state index in [1.165, 1.54) is 12.1 Å². The number of hydrogen-bond donors (Lipinski definition) is 0. The van der Waals surface area contributed by atoms with Crippen molar-refractivity contribution in [1.82, 2.24) is 0 Å². The number of imide groups is 1. The van der Waals surface area contributed by atoms with Crippen molar-refractivity contribution in [2.75, 3.05) is 4.90 Å². The van der Waals surface area contributed by atoms with Crippen LogP contribution in [0.15, 0.2) is 30.3 Å². The van der Waals surface area contributed by atoms with Gasteiger partial charge in [0.15, 0.2) is 5.82 Å². The first-order chi connectivity index (χ1) is 10.5. The van der Waals surface area contributed by atoms with Crippen LogP contribution in [0, 0.1) is 17.1 Å². The zero-order chi connectivity index (χ0) is 16.0. The Morgan fingerprint density at radius 3 is 2.09 bits per heavy atom. The van der Waals surface area contributed by atoms with E-state index in [-0.39, 0.29) is 26.9 Å². The van der Waals surface area contributed by atoms with Crippen molar-refractivity contribution in [2.24, 2.45) is 0 Å². The highest BCUT2D eigenvalue weighted by Crippen LogP contribution is 2.39. The Bertz CT molecular complexity index is 855. The molecule has 0 saturated carbocycles. The number of anilines is 1. The third kappa shape index (κ3) is 1.89. The Kier molecular flexibility index (Phi) is 3.36. The van der Waals surface area contributed by atoms with Crippen LogP contribution in [0.3, 0.4) is 0 Å². The minimum Gasteiger partial charge on any atom is -0.268 e. The smallest absolute Gasteiger partial charge is 0.266 e. The summed E-state index contributed by atoms with van der Waals surface area (Å²) in [6.07, 6.45) is 0. The van der Waals surface area contributed by atoms with Crippen LogP contribution in [-0.4, -0.2) is 11.8 Å². The second kappa shape index (κ2) is 5.09. The van der Waals surface area contributed by atoms with E-state index < -0.39 is 23.2 Å². The fourth-order valence-corrected chi connectivity index (χ4v) is 2.85. The number of nitrogens with zero attached hydrogens (tertiary/aromatic N) is 2. The van der Waals surface area contributed by atoms with Gasteiger partial charge < -0.3 is 0 Å². The van der Waals surface area contributed by atoms with Gasteiger partial charge in [-0.15, -0.1) is 0 Å². The van der Waals surface area contributed by atoms with Gasteiger partial charge in [-0.1, -0.05) is 35.3 Å². The number of rotatable bonds is 1. The highest BCUT2D eigenvalue weighted by molar-refractivity contribution is 6.41. The van der Waals surface area contributed by atoms with Gasteiger partial charge in [-0.3, -0.25) is 9.59 Å². The lowest BCUT2D eigenvalue weighted by atomic mass is 10.1. The van der Waals surface area contributed by atoms with E-state index in [4.69, 9.17) is 28.5 Å². The zero-order valence-corrected chi connectivity index (χ0v) is 12.2. The lowest BCUT2D eigenvalue weighted by Crippen LogP contribution is -2.30. The average Bonchev–Trinajstić information content (AvgIpc) is 2.75. The number of carbonyl (C=O) groups excluding carboxylic acids is 2. The third-order valence-corrected chi connectivity index (χ3v) is 3.84. The van der Waals surface area contributed by atoms with E-state index >= 15 is 0 Å². The van der Waals surface area contributed by atoms with Crippen LogP contribution < -0.4 is 4.90 Å². The summed E-state index contributed by atoms with van der Waals surface area (Å²) in [5.74, 6) is -2.36. The van der Waals surface area contributed by atoms with Crippen molar-refractivity contribution in [3.63, 3.8) is 0 Å². The van der Waals surface area contributed by atoms with Gasteiger partial charge in [-0.2, -0.15) is 5.26 Å². The Hall–Kier alpha value is -2.42. The summed E-state index contributed by atoms with van der Waals surface area (Å²) < 4.78 is 14.0. The van der Waals surface area contributed by atoms with E-state index in [0.29, 0.717) is 4.90 Å². The van der Waals surface area contributed by atoms with Gasteiger partial charge >= 0.3 is 0 Å². The molecule has 108 valence electrons. The van der Waals surface area contributed by atoms with Crippen LogP contribution in [0.5, 0.6) is 0 Å². The molecule has 0 bridgehead atoms. The van der Waals surface area contributed by atoms with E-state index in [1.54, 1.807) is 18.2 Å². The molecular weight excluding hydrogens is 330 g/mol. The first-order valence-electron chi connectivity index (χ1n) is 6.02. The summed E-state index contributed by atoms with van der Waals surface area (Å²) in [6.45, 7) is 0. The molecule has 0 aromatic heterocycles. The monoisotopic (exact) mass is 334 g/mol. The number of nitriles is 1. The number of carbonyl (C=O) groups is 2. The molecule has 4 nitrogen and oxygen atoms in total. The number of hydrogen-bond acceptors (Lipinski definition) is 3. The van der Waals surface area contributed by atoms with E-state index in [2.05, 4.69) is 0 Å². The normalized spacial score (nSPS) is 13.3. The molecule has 0 N–H and O–H groups in total. The summed E-state index contributed by atoms with van der Waals surface area (Å²) in [4.78, 5) is 25.5. The lowest BCUT2D eigenvalue weighted by Gasteiger charge is -2.18. The molecule has 0 radical (unpaired) electrons. The Balaban J connectivity index is 2.28. The molecule has 0 aliphatic carbocycles. The van der Waals surface area contributed by atoms with Gasteiger partial charge in [0.2, 0.25) is 0 Å². The van der Waals surface area contributed by atoms with Gasteiger partial charge in [0.25, 0.3) is 11.8 Å². The molecule has 0 spiro atoms. The molecule has 0 fully saturated rings. The number of amides is 2. The van der Waals surface area contributed by atoms with Crippen LogP contribution in [0.4, 0.5) is 10.1 Å². The van der Waals surface area contributed by atoms with Crippen molar-refractivity contribution in [3.8, 4) is 6.07 Å². The maximum Gasteiger partial charge on any atom is 0.266 e. The van der Waals surface area contributed by atoms with Crippen molar-refractivity contribution >= 4 is 40.7 Å². The van der Waals surface area contributed by atoms with Crippen molar-refractivity contribution in [3.05, 3.63) is 62.9 Å². The summed E-state index contributed by atoms with van der Waals surface area (Å²) >= 11 is 11.6. The Morgan fingerprint density at radius 2 is 1.59 bits per heavy atom. The predicted octanol–water partition coefficient (Wildman–Crippen LogP) is 3.80. The van der Waals surface area contributed by atoms with Crippen LogP contribution in [0.25, 0.3) is 0 Å². The molecule has 0 unspecified atom stereocenters. The van der Waals surface area contributed by atoms with E-state index in [1.807, 2.05) is 0 Å². The van der Waals surface area contributed by atoms with E-state index in [0.717, 1.165) is 6.07 Å². The van der Waals surface area contributed by atoms with Crippen molar-refractivity contribution in [1.29, 1.82) is 5.26 Å². The maximum absolute atomic E-state index is 14.0. The van der Waals surface area contributed by atoms with Gasteiger partial charge in [-0.25, -0.2) is 9.29 Å². The predicted molar refractivity (Wildman–Crippen MR) is 78.7 cm³/mol. The van der Waals surface area contributed by atoms with Crippen molar-refractivity contribution in [2.45, 2.75) is 0 Å². The van der Waals surface area contributed by atoms with E-state index in [9.17, 15) is 14.0 Å². The summed E-state index contributed by atoms with van der Waals surface area (Å²) in [5, 5.41) is 8.63. The summed E-state index contributed by atoms with van der Waals surface area (Å²) in [7, 11) is 0. The fourth-order valence-electron chi connectivity index (χ4n) is 2.30. The molecule has 22 heavy (non-hydrogen) atoms. The summed E-state index contributed by atoms with van der Waals surface area (Å²) in [6, 6.07) is 8.80. The van der Waals surface area contributed by atoms with Crippen LogP contribution in [0.1, 0.15) is 26.3 Å². The van der Waals surface area contributed by atoms with Gasteiger partial charge in [-0.05, 0) is 18.2 Å². The number of halogens is 3. The minimum atomic E-state index is -1.03. The Morgan fingerprint density at radius 1 is 1.05 bits per heavy atom. The fraction of sp³-hybridized carbons (Fsp3) is 0. The average molecular weight is 335 g/mol. The molecule has 2 amide bonds. The highest BCUT2D eigenvalue weighted by atomic mass is 35.5.